The summed E-state index contributed by atoms with van der Waals surface area (Å²) in [7, 11) is 0. The van der Waals surface area contributed by atoms with Crippen LogP contribution < -0.4 is 5.73 Å². The van der Waals surface area contributed by atoms with Crippen molar-refractivity contribution in [2.24, 2.45) is 5.73 Å². The molecule has 0 bridgehead atoms. The van der Waals surface area contributed by atoms with E-state index in [1.165, 1.54) is 6.08 Å². The number of aromatic nitrogens is 1. The van der Waals surface area contributed by atoms with Crippen molar-refractivity contribution in [1.29, 1.82) is 0 Å². The summed E-state index contributed by atoms with van der Waals surface area (Å²) < 4.78 is 0. The van der Waals surface area contributed by atoms with Gasteiger partial charge in [0.15, 0.2) is 0 Å². The highest BCUT2D eigenvalue weighted by Crippen LogP contribution is 2.12. The SMILES string of the molecule is N/C(=C/c1ccc2ccccc2n1)C(=O)O. The Morgan fingerprint density at radius 2 is 2.00 bits per heavy atom. The van der Waals surface area contributed by atoms with Gasteiger partial charge in [0.1, 0.15) is 5.70 Å². The van der Waals surface area contributed by atoms with Gasteiger partial charge in [-0.3, -0.25) is 0 Å². The quantitative estimate of drug-likeness (QED) is 0.745. The van der Waals surface area contributed by atoms with Gasteiger partial charge < -0.3 is 10.8 Å². The van der Waals surface area contributed by atoms with E-state index in [0.29, 0.717) is 5.69 Å². The number of carboxylic acid groups (broad SMARTS) is 1. The molecule has 0 spiro atoms. The van der Waals surface area contributed by atoms with Crippen LogP contribution in [0.15, 0.2) is 42.1 Å². The molecule has 0 atom stereocenters. The lowest BCUT2D eigenvalue weighted by molar-refractivity contribution is -0.132. The molecule has 3 N–H and O–H groups in total. The minimum absolute atomic E-state index is 0.220. The molecule has 0 amide bonds. The van der Waals surface area contributed by atoms with Crippen LogP contribution in [-0.2, 0) is 4.79 Å². The van der Waals surface area contributed by atoms with Crippen LogP contribution in [0.4, 0.5) is 0 Å². The molecule has 0 saturated heterocycles. The molecule has 4 heteroatoms. The van der Waals surface area contributed by atoms with Crippen LogP contribution in [0.5, 0.6) is 0 Å². The van der Waals surface area contributed by atoms with E-state index in [1.54, 1.807) is 6.07 Å². The molecule has 1 aromatic carbocycles. The highest BCUT2D eigenvalue weighted by atomic mass is 16.4. The number of para-hydroxylation sites is 1. The highest BCUT2D eigenvalue weighted by molar-refractivity contribution is 5.91. The maximum Gasteiger partial charge on any atom is 0.351 e. The van der Waals surface area contributed by atoms with E-state index in [9.17, 15) is 4.79 Å². The molecule has 0 aliphatic carbocycles. The molecule has 16 heavy (non-hydrogen) atoms. The predicted molar refractivity (Wildman–Crippen MR) is 61.5 cm³/mol. The van der Waals surface area contributed by atoms with E-state index in [1.807, 2.05) is 30.3 Å². The van der Waals surface area contributed by atoms with Crippen LogP contribution >= 0.6 is 0 Å². The van der Waals surface area contributed by atoms with Gasteiger partial charge in [0.25, 0.3) is 0 Å². The monoisotopic (exact) mass is 214 g/mol. The van der Waals surface area contributed by atoms with E-state index in [2.05, 4.69) is 4.98 Å². The lowest BCUT2D eigenvalue weighted by atomic mass is 10.2. The van der Waals surface area contributed by atoms with E-state index in [4.69, 9.17) is 10.8 Å². The zero-order valence-electron chi connectivity index (χ0n) is 8.42. The Labute approximate surface area is 92.0 Å². The lowest BCUT2D eigenvalue weighted by Crippen LogP contribution is -2.09. The van der Waals surface area contributed by atoms with Crippen molar-refractivity contribution in [1.82, 2.24) is 4.98 Å². The number of fused-ring (bicyclic) bond motifs is 1. The van der Waals surface area contributed by atoms with Crippen LogP contribution in [0.1, 0.15) is 5.69 Å². The Morgan fingerprint density at radius 1 is 1.25 bits per heavy atom. The number of rotatable bonds is 2. The van der Waals surface area contributed by atoms with Crippen LogP contribution in [0.2, 0.25) is 0 Å². The van der Waals surface area contributed by atoms with Crippen LogP contribution in [0.3, 0.4) is 0 Å². The summed E-state index contributed by atoms with van der Waals surface area (Å²) in [5.41, 5.74) is 6.45. The van der Waals surface area contributed by atoms with Crippen molar-refractivity contribution in [3.8, 4) is 0 Å². The van der Waals surface area contributed by atoms with E-state index in [0.717, 1.165) is 10.9 Å². The summed E-state index contributed by atoms with van der Waals surface area (Å²) in [6.45, 7) is 0. The zero-order valence-corrected chi connectivity index (χ0v) is 8.42. The largest absolute Gasteiger partial charge is 0.477 e. The van der Waals surface area contributed by atoms with Crippen molar-refractivity contribution in [2.45, 2.75) is 0 Å². The summed E-state index contributed by atoms with van der Waals surface area (Å²) in [4.78, 5) is 14.8. The third-order valence-electron chi connectivity index (χ3n) is 2.17. The average Bonchev–Trinajstić information content (AvgIpc) is 2.28. The molecular weight excluding hydrogens is 204 g/mol. The molecule has 0 unspecified atom stereocenters. The normalized spacial score (nSPS) is 11.6. The maximum atomic E-state index is 10.5. The van der Waals surface area contributed by atoms with Gasteiger partial charge in [0, 0.05) is 5.39 Å². The number of aliphatic carboxylic acids is 1. The molecule has 1 heterocycles. The van der Waals surface area contributed by atoms with Gasteiger partial charge in [-0.1, -0.05) is 24.3 Å². The molecule has 4 nitrogen and oxygen atoms in total. The van der Waals surface area contributed by atoms with Crippen LogP contribution in [0, 0.1) is 0 Å². The molecule has 0 saturated carbocycles. The van der Waals surface area contributed by atoms with Gasteiger partial charge in [0.2, 0.25) is 0 Å². The van der Waals surface area contributed by atoms with Gasteiger partial charge in [-0.15, -0.1) is 0 Å². The Kier molecular flexibility index (Phi) is 2.55. The standard InChI is InChI=1S/C12H10N2O2/c13-10(12(15)16)7-9-6-5-8-3-1-2-4-11(8)14-9/h1-7H,13H2,(H,15,16)/b10-7+. The molecule has 0 aliphatic heterocycles. The minimum atomic E-state index is -1.14. The number of nitrogens with two attached hydrogens (primary N) is 1. The summed E-state index contributed by atoms with van der Waals surface area (Å²) in [5, 5.41) is 9.64. The van der Waals surface area contributed by atoms with E-state index in [-0.39, 0.29) is 5.70 Å². The Morgan fingerprint density at radius 3 is 2.75 bits per heavy atom. The topological polar surface area (TPSA) is 76.2 Å². The fourth-order valence-corrected chi connectivity index (χ4v) is 1.38. The summed E-state index contributed by atoms with van der Waals surface area (Å²) >= 11 is 0. The number of carbonyl (C=O) groups is 1. The van der Waals surface area contributed by atoms with Crippen LogP contribution in [-0.4, -0.2) is 16.1 Å². The summed E-state index contributed by atoms with van der Waals surface area (Å²) in [6, 6.07) is 11.2. The number of benzene rings is 1. The number of hydrogen-bond acceptors (Lipinski definition) is 3. The Balaban J connectivity index is 2.47. The smallest absolute Gasteiger partial charge is 0.351 e. The number of carboxylic acids is 1. The highest BCUT2D eigenvalue weighted by Gasteiger charge is 2.02. The average molecular weight is 214 g/mol. The number of pyridine rings is 1. The molecular formula is C12H10N2O2. The van der Waals surface area contributed by atoms with E-state index >= 15 is 0 Å². The lowest BCUT2D eigenvalue weighted by Gasteiger charge is -1.99. The Bertz CT molecular complexity index is 576. The number of hydrogen-bond donors (Lipinski definition) is 2. The van der Waals surface area contributed by atoms with Gasteiger partial charge in [-0.05, 0) is 18.2 Å². The van der Waals surface area contributed by atoms with Crippen LogP contribution in [0.25, 0.3) is 17.0 Å². The van der Waals surface area contributed by atoms with Crippen molar-refractivity contribution in [3.05, 3.63) is 47.8 Å². The molecule has 1 aromatic heterocycles. The first-order valence-corrected chi connectivity index (χ1v) is 4.73. The fraction of sp³-hybridized carbons (Fsp3) is 0. The molecule has 2 rings (SSSR count). The van der Waals surface area contributed by atoms with E-state index < -0.39 is 5.97 Å². The van der Waals surface area contributed by atoms with Gasteiger partial charge >= 0.3 is 5.97 Å². The zero-order chi connectivity index (χ0) is 11.5. The van der Waals surface area contributed by atoms with Gasteiger partial charge in [-0.2, -0.15) is 0 Å². The molecule has 0 aliphatic rings. The summed E-state index contributed by atoms with van der Waals surface area (Å²) in [5.74, 6) is -1.14. The first-order chi connectivity index (χ1) is 7.66. The first kappa shape index (κ1) is 10.2. The predicted octanol–water partition coefficient (Wildman–Crippen LogP) is 1.62. The third kappa shape index (κ3) is 2.00. The second-order valence-electron chi connectivity index (χ2n) is 3.33. The minimum Gasteiger partial charge on any atom is -0.477 e. The second kappa shape index (κ2) is 4.02. The van der Waals surface area contributed by atoms with Gasteiger partial charge in [0.05, 0.1) is 11.2 Å². The first-order valence-electron chi connectivity index (χ1n) is 4.73. The number of nitrogens with zero attached hydrogens (tertiary/aromatic N) is 1. The van der Waals surface area contributed by atoms with Gasteiger partial charge in [-0.25, -0.2) is 9.78 Å². The molecule has 0 radical (unpaired) electrons. The Hall–Kier alpha value is -2.36. The third-order valence-corrected chi connectivity index (χ3v) is 2.17. The van der Waals surface area contributed by atoms with Crippen molar-refractivity contribution >= 4 is 22.9 Å². The fourth-order valence-electron chi connectivity index (χ4n) is 1.38. The maximum absolute atomic E-state index is 10.5. The summed E-state index contributed by atoms with van der Waals surface area (Å²) in [6.07, 6.45) is 1.34. The molecule has 0 fully saturated rings. The van der Waals surface area contributed by atoms with Crippen molar-refractivity contribution in [3.63, 3.8) is 0 Å². The molecule has 80 valence electrons. The van der Waals surface area contributed by atoms with Crippen molar-refractivity contribution < 1.29 is 9.90 Å². The molecule has 2 aromatic rings. The van der Waals surface area contributed by atoms with Crippen molar-refractivity contribution in [2.75, 3.05) is 0 Å². The second-order valence-corrected chi connectivity index (χ2v) is 3.33.